The number of thiophene rings is 1. The average Bonchev–Trinajstić information content (AvgIpc) is 2.88. The first kappa shape index (κ1) is 11.1. The maximum atomic E-state index is 5.71. The second-order valence-electron chi connectivity index (χ2n) is 4.03. The fourth-order valence-corrected chi connectivity index (χ4v) is 2.79. The van der Waals surface area contributed by atoms with Crippen LogP contribution < -0.4 is 5.32 Å². The highest BCUT2D eigenvalue weighted by molar-refractivity contribution is 7.11. The van der Waals surface area contributed by atoms with Crippen molar-refractivity contribution in [2.75, 3.05) is 13.2 Å². The molecule has 2 heterocycles. The number of hydrogen-bond donors (Lipinski definition) is 1. The molecule has 1 fully saturated rings. The van der Waals surface area contributed by atoms with Crippen LogP contribution in [0.1, 0.15) is 29.5 Å². The predicted octanol–water partition coefficient (Wildman–Crippen LogP) is 2.58. The molecule has 15 heavy (non-hydrogen) atoms. The molecule has 1 saturated heterocycles. The summed E-state index contributed by atoms with van der Waals surface area (Å²) in [7, 11) is 0. The molecule has 0 bridgehead atoms. The zero-order valence-corrected chi connectivity index (χ0v) is 10.1. The molecule has 0 amide bonds. The Morgan fingerprint density at radius 1 is 1.47 bits per heavy atom. The molecule has 1 unspecified atom stereocenters. The first-order valence-corrected chi connectivity index (χ1v) is 6.59. The van der Waals surface area contributed by atoms with Crippen molar-refractivity contribution in [3.63, 3.8) is 0 Å². The fourth-order valence-electron chi connectivity index (χ4n) is 1.89. The Balaban J connectivity index is 1.68. The Labute approximate surface area is 95.6 Å². The minimum absolute atomic E-state index is 0.593. The lowest BCUT2D eigenvalue weighted by Gasteiger charge is -2.09. The monoisotopic (exact) mass is 225 g/mol. The van der Waals surface area contributed by atoms with Gasteiger partial charge in [0.15, 0.2) is 0 Å². The molecule has 0 aliphatic carbocycles. The van der Waals surface area contributed by atoms with Gasteiger partial charge in [-0.1, -0.05) is 6.92 Å². The minimum atomic E-state index is 0.593. The smallest absolute Gasteiger partial charge is 0.0810 e. The maximum absolute atomic E-state index is 5.71. The second-order valence-corrected chi connectivity index (χ2v) is 5.28. The van der Waals surface area contributed by atoms with Crippen molar-refractivity contribution in [1.29, 1.82) is 0 Å². The van der Waals surface area contributed by atoms with Crippen molar-refractivity contribution in [3.8, 4) is 0 Å². The number of nitrogens with one attached hydrogen (secondary N) is 1. The standard InChI is InChI=1S/C12H19NOS/c1-2-11-5-6-12(15-11)9-14-8-10-4-3-7-13-10/h5-6,10,13H,2-4,7-9H2,1H3. The highest BCUT2D eigenvalue weighted by atomic mass is 32.1. The summed E-state index contributed by atoms with van der Waals surface area (Å²) in [5, 5.41) is 3.44. The van der Waals surface area contributed by atoms with Crippen LogP contribution in [0.25, 0.3) is 0 Å². The summed E-state index contributed by atoms with van der Waals surface area (Å²) in [6.07, 6.45) is 3.70. The summed E-state index contributed by atoms with van der Waals surface area (Å²) in [5.74, 6) is 0. The number of hydrogen-bond acceptors (Lipinski definition) is 3. The van der Waals surface area contributed by atoms with Gasteiger partial charge in [0.2, 0.25) is 0 Å². The summed E-state index contributed by atoms with van der Waals surface area (Å²) >= 11 is 1.87. The van der Waals surface area contributed by atoms with Crippen molar-refractivity contribution >= 4 is 11.3 Å². The Morgan fingerprint density at radius 2 is 2.33 bits per heavy atom. The summed E-state index contributed by atoms with van der Waals surface area (Å²) in [6, 6.07) is 4.98. The molecular weight excluding hydrogens is 206 g/mol. The third-order valence-corrected chi connectivity index (χ3v) is 3.99. The van der Waals surface area contributed by atoms with Crippen LogP contribution in [0.2, 0.25) is 0 Å². The lowest BCUT2D eigenvalue weighted by Crippen LogP contribution is -2.26. The van der Waals surface area contributed by atoms with E-state index in [1.807, 2.05) is 11.3 Å². The van der Waals surface area contributed by atoms with Gasteiger partial charge < -0.3 is 10.1 Å². The Kier molecular flexibility index (Phi) is 4.18. The topological polar surface area (TPSA) is 21.3 Å². The summed E-state index contributed by atoms with van der Waals surface area (Å²) in [4.78, 5) is 2.80. The van der Waals surface area contributed by atoms with Crippen molar-refractivity contribution in [2.24, 2.45) is 0 Å². The van der Waals surface area contributed by atoms with Gasteiger partial charge in [-0.15, -0.1) is 11.3 Å². The highest BCUT2D eigenvalue weighted by Gasteiger charge is 2.13. The summed E-state index contributed by atoms with van der Waals surface area (Å²) in [6.45, 7) is 4.99. The van der Waals surface area contributed by atoms with E-state index in [2.05, 4.69) is 24.4 Å². The minimum Gasteiger partial charge on any atom is -0.374 e. The quantitative estimate of drug-likeness (QED) is 0.831. The second kappa shape index (κ2) is 5.64. The number of aryl methyl sites for hydroxylation is 1. The van der Waals surface area contributed by atoms with Crippen LogP contribution in [0.15, 0.2) is 12.1 Å². The normalized spacial score (nSPS) is 21.0. The van der Waals surface area contributed by atoms with Crippen LogP contribution in [0.5, 0.6) is 0 Å². The fraction of sp³-hybridized carbons (Fsp3) is 0.667. The van der Waals surface area contributed by atoms with Gasteiger partial charge in [-0.05, 0) is 37.9 Å². The largest absolute Gasteiger partial charge is 0.374 e. The van der Waals surface area contributed by atoms with Gasteiger partial charge in [0.05, 0.1) is 13.2 Å². The number of rotatable bonds is 5. The molecule has 2 nitrogen and oxygen atoms in total. The highest BCUT2D eigenvalue weighted by Crippen LogP contribution is 2.18. The third kappa shape index (κ3) is 3.30. The van der Waals surface area contributed by atoms with Gasteiger partial charge in [0.1, 0.15) is 0 Å². The van der Waals surface area contributed by atoms with Gasteiger partial charge in [-0.3, -0.25) is 0 Å². The lowest BCUT2D eigenvalue weighted by atomic mass is 10.2. The van der Waals surface area contributed by atoms with Crippen LogP contribution in [0.3, 0.4) is 0 Å². The van der Waals surface area contributed by atoms with Gasteiger partial charge in [-0.25, -0.2) is 0 Å². The van der Waals surface area contributed by atoms with Gasteiger partial charge in [-0.2, -0.15) is 0 Å². The molecule has 3 heteroatoms. The molecule has 0 saturated carbocycles. The molecule has 1 aromatic heterocycles. The van der Waals surface area contributed by atoms with Crippen molar-refractivity contribution in [2.45, 2.75) is 38.8 Å². The molecule has 0 aromatic carbocycles. The molecule has 1 aliphatic heterocycles. The van der Waals surface area contributed by atoms with Crippen LogP contribution in [0.4, 0.5) is 0 Å². The predicted molar refractivity (Wildman–Crippen MR) is 64.4 cm³/mol. The van der Waals surface area contributed by atoms with E-state index in [0.29, 0.717) is 6.04 Å². The van der Waals surface area contributed by atoms with E-state index in [-0.39, 0.29) is 0 Å². The summed E-state index contributed by atoms with van der Waals surface area (Å²) in [5.41, 5.74) is 0. The van der Waals surface area contributed by atoms with Crippen LogP contribution in [0, 0.1) is 0 Å². The first-order valence-electron chi connectivity index (χ1n) is 5.77. The van der Waals surface area contributed by atoms with Gasteiger partial charge >= 0.3 is 0 Å². The summed E-state index contributed by atoms with van der Waals surface area (Å²) < 4.78 is 5.71. The molecule has 2 rings (SSSR count). The molecule has 0 spiro atoms. The average molecular weight is 225 g/mol. The van der Waals surface area contributed by atoms with Crippen molar-refractivity contribution in [3.05, 3.63) is 21.9 Å². The molecular formula is C12H19NOS. The SMILES string of the molecule is CCc1ccc(COCC2CCCN2)s1. The Bertz CT molecular complexity index is 292. The van der Waals surface area contributed by atoms with E-state index < -0.39 is 0 Å². The van der Waals surface area contributed by atoms with E-state index in [0.717, 1.165) is 26.2 Å². The maximum Gasteiger partial charge on any atom is 0.0810 e. The van der Waals surface area contributed by atoms with Crippen LogP contribution in [-0.2, 0) is 17.8 Å². The van der Waals surface area contributed by atoms with Gasteiger partial charge in [0, 0.05) is 15.8 Å². The molecule has 1 aromatic rings. The Hall–Kier alpha value is -0.380. The Morgan fingerprint density at radius 3 is 3.00 bits per heavy atom. The zero-order chi connectivity index (χ0) is 10.5. The number of ether oxygens (including phenoxy) is 1. The van der Waals surface area contributed by atoms with Crippen molar-refractivity contribution < 1.29 is 4.74 Å². The lowest BCUT2D eigenvalue weighted by molar-refractivity contribution is 0.105. The van der Waals surface area contributed by atoms with E-state index in [1.54, 1.807) is 0 Å². The molecule has 1 aliphatic rings. The molecule has 1 atom stereocenters. The van der Waals surface area contributed by atoms with Crippen LogP contribution in [-0.4, -0.2) is 19.2 Å². The molecule has 0 radical (unpaired) electrons. The molecule has 84 valence electrons. The van der Waals surface area contributed by atoms with Gasteiger partial charge in [0.25, 0.3) is 0 Å². The van der Waals surface area contributed by atoms with Crippen molar-refractivity contribution in [1.82, 2.24) is 5.32 Å². The van der Waals surface area contributed by atoms with E-state index in [4.69, 9.17) is 4.74 Å². The van der Waals surface area contributed by atoms with E-state index in [1.165, 1.54) is 22.6 Å². The molecule has 1 N–H and O–H groups in total. The third-order valence-electron chi connectivity index (χ3n) is 2.79. The van der Waals surface area contributed by atoms with Crippen LogP contribution >= 0.6 is 11.3 Å². The van der Waals surface area contributed by atoms with E-state index >= 15 is 0 Å². The first-order chi connectivity index (χ1) is 7.38. The zero-order valence-electron chi connectivity index (χ0n) is 9.29. The van der Waals surface area contributed by atoms with E-state index in [9.17, 15) is 0 Å².